The van der Waals surface area contributed by atoms with Gasteiger partial charge in [0.2, 0.25) is 0 Å². The molecule has 5 heteroatoms. The van der Waals surface area contributed by atoms with Gasteiger partial charge in [0.1, 0.15) is 11.5 Å². The molecule has 0 radical (unpaired) electrons. The summed E-state index contributed by atoms with van der Waals surface area (Å²) in [7, 11) is 3.87. The minimum atomic E-state index is -0.324. The molecule has 0 amide bonds. The minimum Gasteiger partial charge on any atom is -0.496 e. The fourth-order valence-electron chi connectivity index (χ4n) is 4.86. The number of carbonyl (C=O) groups is 1. The lowest BCUT2D eigenvalue weighted by Gasteiger charge is -2.41. The molecular weight excluding hydrogens is 364 g/mol. The Morgan fingerprint density at radius 1 is 1.24 bits per heavy atom. The van der Waals surface area contributed by atoms with E-state index in [1.807, 2.05) is 13.0 Å². The number of ether oxygens (including phenoxy) is 2. The Kier molecular flexibility index (Phi) is 5.17. The SMILES string of the molecule is COc1ccc([C@@]23CC=C(OC(=O)c4cnccc4C)C[C@@H]2N(C)CC3)cc1C. The van der Waals surface area contributed by atoms with E-state index in [-0.39, 0.29) is 11.4 Å². The summed E-state index contributed by atoms with van der Waals surface area (Å²) in [6, 6.07) is 8.65. The van der Waals surface area contributed by atoms with Gasteiger partial charge in [-0.25, -0.2) is 4.79 Å². The van der Waals surface area contributed by atoms with E-state index in [1.165, 1.54) is 5.56 Å². The van der Waals surface area contributed by atoms with Gasteiger partial charge in [0.25, 0.3) is 0 Å². The number of pyridine rings is 1. The summed E-state index contributed by atoms with van der Waals surface area (Å²) in [5.41, 5.74) is 3.94. The van der Waals surface area contributed by atoms with Crippen LogP contribution in [0.2, 0.25) is 0 Å². The van der Waals surface area contributed by atoms with Crippen molar-refractivity contribution in [3.63, 3.8) is 0 Å². The van der Waals surface area contributed by atoms with Crippen molar-refractivity contribution in [2.24, 2.45) is 0 Å². The summed E-state index contributed by atoms with van der Waals surface area (Å²) in [6.45, 7) is 5.02. The number of nitrogens with zero attached hydrogens (tertiary/aromatic N) is 2. The molecule has 1 aliphatic carbocycles. The fourth-order valence-corrected chi connectivity index (χ4v) is 4.86. The van der Waals surface area contributed by atoms with Crippen molar-refractivity contribution in [2.45, 2.75) is 44.6 Å². The third kappa shape index (κ3) is 3.44. The first kappa shape index (κ1) is 19.6. The zero-order valence-electron chi connectivity index (χ0n) is 17.6. The molecular formula is C24H28N2O3. The third-order valence-electron chi connectivity index (χ3n) is 6.62. The van der Waals surface area contributed by atoms with Gasteiger partial charge < -0.3 is 14.4 Å². The number of fused-ring (bicyclic) bond motifs is 1. The van der Waals surface area contributed by atoms with Crippen LogP contribution in [-0.2, 0) is 10.2 Å². The van der Waals surface area contributed by atoms with Crippen LogP contribution in [0.4, 0.5) is 0 Å². The first-order valence-corrected chi connectivity index (χ1v) is 10.1. The maximum Gasteiger partial charge on any atom is 0.345 e. The number of likely N-dealkylation sites (N-methyl/N-ethyl adjacent to an activating group) is 1. The van der Waals surface area contributed by atoms with E-state index in [2.05, 4.69) is 48.1 Å². The van der Waals surface area contributed by atoms with Crippen molar-refractivity contribution in [2.75, 3.05) is 20.7 Å². The molecule has 0 bridgehead atoms. The van der Waals surface area contributed by atoms with Crippen molar-refractivity contribution >= 4 is 5.97 Å². The Labute approximate surface area is 172 Å². The molecule has 5 nitrogen and oxygen atoms in total. The molecule has 2 aromatic rings. The van der Waals surface area contributed by atoms with Gasteiger partial charge in [-0.2, -0.15) is 0 Å². The number of esters is 1. The van der Waals surface area contributed by atoms with Gasteiger partial charge in [-0.15, -0.1) is 0 Å². The highest BCUT2D eigenvalue weighted by Crippen LogP contribution is 2.48. The van der Waals surface area contributed by atoms with Crippen LogP contribution in [0.15, 0.2) is 48.5 Å². The van der Waals surface area contributed by atoms with Gasteiger partial charge in [0, 0.05) is 30.3 Å². The fraction of sp³-hybridized carbons (Fsp3) is 0.417. The van der Waals surface area contributed by atoms with E-state index in [0.717, 1.165) is 48.4 Å². The molecule has 1 saturated heterocycles. The zero-order valence-corrected chi connectivity index (χ0v) is 17.6. The van der Waals surface area contributed by atoms with Gasteiger partial charge >= 0.3 is 5.97 Å². The lowest BCUT2D eigenvalue weighted by molar-refractivity contribution is 0.0578. The number of aryl methyl sites for hydroxylation is 2. The monoisotopic (exact) mass is 392 g/mol. The number of allylic oxidation sites excluding steroid dienone is 1. The summed E-state index contributed by atoms with van der Waals surface area (Å²) in [6.07, 6.45) is 8.06. The Morgan fingerprint density at radius 2 is 2.07 bits per heavy atom. The maximum atomic E-state index is 12.6. The molecule has 1 aromatic heterocycles. The highest BCUT2D eigenvalue weighted by Gasteiger charge is 2.49. The second-order valence-electron chi connectivity index (χ2n) is 8.25. The summed E-state index contributed by atoms with van der Waals surface area (Å²) < 4.78 is 11.2. The molecule has 0 saturated carbocycles. The molecule has 2 aliphatic rings. The Morgan fingerprint density at radius 3 is 2.79 bits per heavy atom. The molecule has 1 aromatic carbocycles. The molecule has 1 aliphatic heterocycles. The van der Waals surface area contributed by atoms with Gasteiger partial charge in [0.05, 0.1) is 12.7 Å². The topological polar surface area (TPSA) is 51.7 Å². The third-order valence-corrected chi connectivity index (χ3v) is 6.62. The second-order valence-corrected chi connectivity index (χ2v) is 8.25. The highest BCUT2D eigenvalue weighted by atomic mass is 16.5. The first-order chi connectivity index (χ1) is 13.9. The second kappa shape index (κ2) is 7.64. The molecule has 2 atom stereocenters. The van der Waals surface area contributed by atoms with Crippen molar-refractivity contribution in [1.82, 2.24) is 9.88 Å². The molecule has 0 spiro atoms. The number of hydrogen-bond acceptors (Lipinski definition) is 5. The Balaban J connectivity index is 1.60. The standard InChI is InChI=1S/C24H28N2O3/c1-16-8-11-25-15-20(16)23(27)29-19-7-9-24(10-12-26(3)22(24)14-19)18-5-6-21(28-4)17(2)13-18/h5-8,11,13,15,22H,9-10,12,14H2,1-4H3/t22-,24-/m0/s1. The lowest BCUT2D eigenvalue weighted by Crippen LogP contribution is -2.43. The summed E-state index contributed by atoms with van der Waals surface area (Å²) in [5.74, 6) is 1.36. The molecule has 2 heterocycles. The van der Waals surface area contributed by atoms with Gasteiger partial charge in [-0.1, -0.05) is 12.1 Å². The van der Waals surface area contributed by atoms with E-state index in [9.17, 15) is 4.79 Å². The van der Waals surface area contributed by atoms with Crippen molar-refractivity contribution in [3.05, 3.63) is 70.7 Å². The predicted molar refractivity (Wildman–Crippen MR) is 112 cm³/mol. The number of benzene rings is 1. The van der Waals surface area contributed by atoms with Crippen molar-refractivity contribution in [3.8, 4) is 5.75 Å². The number of aromatic nitrogens is 1. The number of hydrogen-bond donors (Lipinski definition) is 0. The lowest BCUT2D eigenvalue weighted by atomic mass is 9.68. The van der Waals surface area contributed by atoms with Gasteiger partial charge in [-0.05, 0) is 75.2 Å². The van der Waals surface area contributed by atoms with Gasteiger partial charge in [-0.3, -0.25) is 4.98 Å². The molecule has 0 N–H and O–H groups in total. The zero-order chi connectivity index (χ0) is 20.6. The van der Waals surface area contributed by atoms with Crippen molar-refractivity contribution in [1.29, 1.82) is 0 Å². The molecule has 0 unspecified atom stereocenters. The Bertz CT molecular complexity index is 968. The molecule has 4 rings (SSSR count). The van der Waals surface area contributed by atoms with E-state index < -0.39 is 0 Å². The first-order valence-electron chi connectivity index (χ1n) is 10.1. The van der Waals surface area contributed by atoms with Crippen LogP contribution in [0.5, 0.6) is 5.75 Å². The van der Waals surface area contributed by atoms with Gasteiger partial charge in [0.15, 0.2) is 0 Å². The van der Waals surface area contributed by atoms with E-state index in [1.54, 1.807) is 19.5 Å². The van der Waals surface area contributed by atoms with Crippen LogP contribution in [-0.4, -0.2) is 42.6 Å². The number of likely N-dealkylation sites (tertiary alicyclic amines) is 1. The smallest absolute Gasteiger partial charge is 0.345 e. The quantitative estimate of drug-likeness (QED) is 0.731. The van der Waals surface area contributed by atoms with Crippen LogP contribution < -0.4 is 4.74 Å². The highest BCUT2D eigenvalue weighted by molar-refractivity contribution is 5.91. The maximum absolute atomic E-state index is 12.6. The summed E-state index contributed by atoms with van der Waals surface area (Å²) in [4.78, 5) is 19.1. The van der Waals surface area contributed by atoms with Crippen LogP contribution in [0.25, 0.3) is 0 Å². The van der Waals surface area contributed by atoms with E-state index in [4.69, 9.17) is 9.47 Å². The molecule has 152 valence electrons. The number of carbonyl (C=O) groups excluding carboxylic acids is 1. The Hall–Kier alpha value is -2.66. The minimum absolute atomic E-state index is 0.0475. The van der Waals surface area contributed by atoms with Crippen LogP contribution in [0.3, 0.4) is 0 Å². The predicted octanol–water partition coefficient (Wildman–Crippen LogP) is 4.18. The van der Waals surface area contributed by atoms with Crippen LogP contribution >= 0.6 is 0 Å². The van der Waals surface area contributed by atoms with E-state index in [0.29, 0.717) is 11.6 Å². The molecule has 1 fully saturated rings. The van der Waals surface area contributed by atoms with Crippen LogP contribution in [0.1, 0.15) is 46.3 Å². The average Bonchev–Trinajstić information content (AvgIpc) is 3.05. The number of rotatable bonds is 4. The molecule has 29 heavy (non-hydrogen) atoms. The van der Waals surface area contributed by atoms with Crippen molar-refractivity contribution < 1.29 is 14.3 Å². The summed E-state index contributed by atoms with van der Waals surface area (Å²) in [5, 5.41) is 0. The largest absolute Gasteiger partial charge is 0.496 e. The van der Waals surface area contributed by atoms with E-state index >= 15 is 0 Å². The average molecular weight is 392 g/mol. The normalized spacial score (nSPS) is 24.0. The summed E-state index contributed by atoms with van der Waals surface area (Å²) >= 11 is 0. The number of methoxy groups -OCH3 is 1. The van der Waals surface area contributed by atoms with Crippen LogP contribution in [0, 0.1) is 13.8 Å².